The molecule has 2 heteroatoms. The predicted molar refractivity (Wildman–Crippen MR) is 81.9 cm³/mol. The summed E-state index contributed by atoms with van der Waals surface area (Å²) in [5.74, 6) is 0.248. The van der Waals surface area contributed by atoms with Crippen molar-refractivity contribution < 1.29 is 4.79 Å². The van der Waals surface area contributed by atoms with Crippen molar-refractivity contribution in [3.05, 3.63) is 65.2 Å². The molecule has 2 N–H and O–H groups in total. The van der Waals surface area contributed by atoms with E-state index in [9.17, 15) is 4.79 Å². The van der Waals surface area contributed by atoms with Gasteiger partial charge in [0.1, 0.15) is 0 Å². The number of carbonyl (C=O) groups is 1. The van der Waals surface area contributed by atoms with Crippen LogP contribution in [0, 0.1) is 0 Å². The molecule has 0 amide bonds. The summed E-state index contributed by atoms with van der Waals surface area (Å²) in [6.45, 7) is 2.11. The van der Waals surface area contributed by atoms with E-state index < -0.39 is 0 Å². The molecule has 0 unspecified atom stereocenters. The molecule has 0 aromatic heterocycles. The Bertz CT molecular complexity index is 639. The van der Waals surface area contributed by atoms with Crippen LogP contribution < -0.4 is 5.73 Å². The van der Waals surface area contributed by atoms with Crippen molar-refractivity contribution in [3.8, 4) is 0 Å². The van der Waals surface area contributed by atoms with Crippen LogP contribution in [0.3, 0.4) is 0 Å². The molecule has 2 aromatic rings. The summed E-state index contributed by atoms with van der Waals surface area (Å²) in [6.07, 6.45) is 2.83. The third-order valence-electron chi connectivity index (χ3n) is 4.25. The Balaban J connectivity index is 1.95. The monoisotopic (exact) mass is 265 g/mol. The minimum absolute atomic E-state index is 0.248. The Labute approximate surface area is 119 Å². The van der Waals surface area contributed by atoms with E-state index in [4.69, 9.17) is 5.73 Å². The van der Waals surface area contributed by atoms with Crippen LogP contribution in [0.1, 0.15) is 41.3 Å². The number of carbonyl (C=O) groups excluding carboxylic acids is 1. The number of aryl methyl sites for hydroxylation is 1. The van der Waals surface area contributed by atoms with Gasteiger partial charge in [-0.25, -0.2) is 0 Å². The van der Waals surface area contributed by atoms with E-state index in [1.165, 1.54) is 5.56 Å². The molecule has 1 fully saturated rings. The topological polar surface area (TPSA) is 43.1 Å². The van der Waals surface area contributed by atoms with Crippen molar-refractivity contribution >= 4 is 11.5 Å². The first-order chi connectivity index (χ1) is 9.65. The number of hydrogen-bond acceptors (Lipinski definition) is 2. The first-order valence-corrected chi connectivity index (χ1v) is 7.15. The maximum Gasteiger partial charge on any atom is 0.173 e. The summed E-state index contributed by atoms with van der Waals surface area (Å²) in [7, 11) is 0. The number of benzene rings is 2. The molecule has 102 valence electrons. The summed E-state index contributed by atoms with van der Waals surface area (Å²) in [4.78, 5) is 12.9. The lowest BCUT2D eigenvalue weighted by Crippen LogP contribution is -2.20. The lowest BCUT2D eigenvalue weighted by atomic mass is 9.87. The number of nitrogens with two attached hydrogens (primary N) is 1. The zero-order chi connectivity index (χ0) is 14.2. The fourth-order valence-corrected chi connectivity index (χ4v) is 2.78. The van der Waals surface area contributed by atoms with Gasteiger partial charge in [-0.1, -0.05) is 37.3 Å². The third-order valence-corrected chi connectivity index (χ3v) is 4.25. The largest absolute Gasteiger partial charge is 0.399 e. The second-order valence-corrected chi connectivity index (χ2v) is 5.59. The minimum atomic E-state index is -0.305. The molecule has 0 saturated heterocycles. The van der Waals surface area contributed by atoms with Crippen LogP contribution in [0.15, 0.2) is 48.5 Å². The van der Waals surface area contributed by atoms with E-state index in [2.05, 4.69) is 13.0 Å². The average Bonchev–Trinajstić information content (AvgIpc) is 3.29. The van der Waals surface area contributed by atoms with Gasteiger partial charge in [0.05, 0.1) is 5.41 Å². The number of rotatable bonds is 4. The zero-order valence-corrected chi connectivity index (χ0v) is 11.7. The number of hydrogen-bond donors (Lipinski definition) is 1. The Kier molecular flexibility index (Phi) is 3.09. The van der Waals surface area contributed by atoms with E-state index in [0.717, 1.165) is 36.1 Å². The van der Waals surface area contributed by atoms with Crippen LogP contribution in [0.4, 0.5) is 5.69 Å². The molecule has 0 atom stereocenters. The average molecular weight is 265 g/mol. The highest BCUT2D eigenvalue weighted by atomic mass is 16.1. The van der Waals surface area contributed by atoms with E-state index in [1.807, 2.05) is 42.5 Å². The van der Waals surface area contributed by atoms with Gasteiger partial charge in [-0.3, -0.25) is 4.79 Å². The highest BCUT2D eigenvalue weighted by molar-refractivity contribution is 6.06. The number of ketones is 1. The first kappa shape index (κ1) is 12.9. The number of anilines is 1. The van der Waals surface area contributed by atoms with Gasteiger partial charge < -0.3 is 5.73 Å². The van der Waals surface area contributed by atoms with Gasteiger partial charge in [-0.05, 0) is 48.6 Å². The molecule has 2 aromatic carbocycles. The second kappa shape index (κ2) is 4.78. The molecule has 20 heavy (non-hydrogen) atoms. The van der Waals surface area contributed by atoms with Crippen LogP contribution in [-0.2, 0) is 11.8 Å². The first-order valence-electron chi connectivity index (χ1n) is 7.15. The molecule has 1 saturated carbocycles. The van der Waals surface area contributed by atoms with Gasteiger partial charge in [0.15, 0.2) is 5.78 Å². The number of Topliss-reactive ketones (excluding diaryl/α,β-unsaturated/α-hetero) is 1. The van der Waals surface area contributed by atoms with Gasteiger partial charge in [0.2, 0.25) is 0 Å². The maximum absolute atomic E-state index is 12.9. The zero-order valence-electron chi connectivity index (χ0n) is 11.7. The Morgan fingerprint density at radius 1 is 1.15 bits per heavy atom. The summed E-state index contributed by atoms with van der Waals surface area (Å²) in [6, 6.07) is 15.7. The predicted octanol–water partition coefficient (Wildman–Crippen LogP) is 3.75. The summed E-state index contributed by atoms with van der Waals surface area (Å²) in [5, 5.41) is 0. The van der Waals surface area contributed by atoms with Gasteiger partial charge in [-0.2, -0.15) is 0 Å². The maximum atomic E-state index is 12.9. The van der Waals surface area contributed by atoms with Crippen LogP contribution >= 0.6 is 0 Å². The Morgan fingerprint density at radius 2 is 1.85 bits per heavy atom. The van der Waals surface area contributed by atoms with Gasteiger partial charge in [0, 0.05) is 11.3 Å². The third kappa shape index (κ3) is 2.11. The summed E-state index contributed by atoms with van der Waals surface area (Å²) >= 11 is 0. The molecule has 0 radical (unpaired) electrons. The fourth-order valence-electron chi connectivity index (χ4n) is 2.78. The van der Waals surface area contributed by atoms with Crippen molar-refractivity contribution in [3.63, 3.8) is 0 Å². The quantitative estimate of drug-likeness (QED) is 0.676. The van der Waals surface area contributed by atoms with Crippen molar-refractivity contribution in [1.29, 1.82) is 0 Å². The molecular weight excluding hydrogens is 246 g/mol. The van der Waals surface area contributed by atoms with E-state index in [1.54, 1.807) is 0 Å². The van der Waals surface area contributed by atoms with Crippen LogP contribution in [0.25, 0.3) is 0 Å². The second-order valence-electron chi connectivity index (χ2n) is 5.59. The van der Waals surface area contributed by atoms with Crippen molar-refractivity contribution in [1.82, 2.24) is 0 Å². The molecule has 0 heterocycles. The van der Waals surface area contributed by atoms with Gasteiger partial charge >= 0.3 is 0 Å². The van der Waals surface area contributed by atoms with E-state index in [-0.39, 0.29) is 11.2 Å². The highest BCUT2D eigenvalue weighted by Crippen LogP contribution is 2.50. The van der Waals surface area contributed by atoms with Crippen LogP contribution in [0.5, 0.6) is 0 Å². The van der Waals surface area contributed by atoms with E-state index >= 15 is 0 Å². The van der Waals surface area contributed by atoms with Crippen molar-refractivity contribution in [2.75, 3.05) is 5.73 Å². The number of nitrogen functional groups attached to an aromatic ring is 1. The van der Waals surface area contributed by atoms with Crippen molar-refractivity contribution in [2.45, 2.75) is 31.6 Å². The SMILES string of the molecule is CCc1cccc(C(=O)C2(c3ccc(N)cc3)CC2)c1. The van der Waals surface area contributed by atoms with Gasteiger partial charge in [-0.15, -0.1) is 0 Å². The molecule has 3 rings (SSSR count). The summed E-state index contributed by atoms with van der Waals surface area (Å²) in [5.41, 5.74) is 9.31. The fraction of sp³-hybridized carbons (Fsp3) is 0.278. The molecule has 0 bridgehead atoms. The highest BCUT2D eigenvalue weighted by Gasteiger charge is 2.51. The molecule has 0 spiro atoms. The standard InChI is InChI=1S/C18H19NO/c1-2-13-4-3-5-14(12-13)17(20)18(10-11-18)15-6-8-16(19)9-7-15/h3-9,12H,2,10-11,19H2,1H3. The Morgan fingerprint density at radius 3 is 2.45 bits per heavy atom. The molecule has 1 aliphatic carbocycles. The molecule has 0 aliphatic heterocycles. The normalized spacial score (nSPS) is 15.8. The van der Waals surface area contributed by atoms with Crippen LogP contribution in [-0.4, -0.2) is 5.78 Å². The lowest BCUT2D eigenvalue weighted by Gasteiger charge is -2.15. The summed E-state index contributed by atoms with van der Waals surface area (Å²) < 4.78 is 0. The van der Waals surface area contributed by atoms with Crippen molar-refractivity contribution in [2.24, 2.45) is 0 Å². The molecule has 2 nitrogen and oxygen atoms in total. The van der Waals surface area contributed by atoms with Crippen LogP contribution in [0.2, 0.25) is 0 Å². The lowest BCUT2D eigenvalue weighted by molar-refractivity contribution is 0.0946. The molecular formula is C18H19NO. The van der Waals surface area contributed by atoms with Gasteiger partial charge in [0.25, 0.3) is 0 Å². The minimum Gasteiger partial charge on any atom is -0.399 e. The molecule has 1 aliphatic rings. The Hall–Kier alpha value is -2.09. The van der Waals surface area contributed by atoms with E-state index in [0.29, 0.717) is 0 Å². The smallest absolute Gasteiger partial charge is 0.173 e.